The van der Waals surface area contributed by atoms with Crippen LogP contribution in [0.1, 0.15) is 51.6 Å². The number of amides is 2. The van der Waals surface area contributed by atoms with Crippen LogP contribution in [0, 0.1) is 6.92 Å². The molecule has 0 aliphatic heterocycles. The quantitative estimate of drug-likeness (QED) is 0.709. The highest BCUT2D eigenvalue weighted by Gasteiger charge is 2.24. The third-order valence-corrected chi connectivity index (χ3v) is 5.68. The van der Waals surface area contributed by atoms with Crippen LogP contribution in [0.25, 0.3) is 0 Å². The van der Waals surface area contributed by atoms with Crippen LogP contribution >= 0.6 is 11.8 Å². The minimum Gasteiger partial charge on any atom is -0.365 e. The van der Waals surface area contributed by atoms with Crippen molar-refractivity contribution in [3.63, 3.8) is 0 Å². The molecule has 0 fully saturated rings. The van der Waals surface area contributed by atoms with E-state index in [1.165, 1.54) is 17.2 Å². The van der Waals surface area contributed by atoms with Gasteiger partial charge in [0.2, 0.25) is 5.91 Å². The number of carbonyl (C=O) groups excluding carboxylic acids is 2. The van der Waals surface area contributed by atoms with Crippen LogP contribution in [0.15, 0.2) is 35.1 Å². The number of carbonyl (C=O) groups is 2. The Morgan fingerprint density at radius 2 is 2.04 bits per heavy atom. The molecule has 1 heterocycles. The van der Waals surface area contributed by atoms with Gasteiger partial charge in [0, 0.05) is 11.4 Å². The number of nitrogens with two attached hydrogens (primary N) is 1. The Hall–Kier alpha value is -2.54. The second-order valence-corrected chi connectivity index (χ2v) is 7.79. The molecule has 1 aromatic heterocycles. The third-order valence-electron chi connectivity index (χ3n) is 4.68. The number of rotatable bonds is 6. The number of nitrogens with one attached hydrogen (secondary N) is 2. The SMILES string of the molecule is Cc1ccc(CSCC(=O)NC2CCCc3[nH]c(=O)c(C(N)=O)cc32)cc1. The number of hydrogen-bond acceptors (Lipinski definition) is 4. The molecule has 4 N–H and O–H groups in total. The van der Waals surface area contributed by atoms with E-state index in [0.29, 0.717) is 5.75 Å². The Morgan fingerprint density at radius 1 is 1.30 bits per heavy atom. The molecular weight excluding hydrogens is 362 g/mol. The van der Waals surface area contributed by atoms with E-state index >= 15 is 0 Å². The predicted molar refractivity (Wildman–Crippen MR) is 107 cm³/mol. The molecule has 27 heavy (non-hydrogen) atoms. The summed E-state index contributed by atoms with van der Waals surface area (Å²) in [5.41, 5.74) is 8.69. The van der Waals surface area contributed by atoms with Gasteiger partial charge in [-0.3, -0.25) is 14.4 Å². The topological polar surface area (TPSA) is 105 Å². The number of aryl methyl sites for hydroxylation is 2. The Balaban J connectivity index is 1.62. The molecule has 2 amide bonds. The first-order valence-corrected chi connectivity index (χ1v) is 10.1. The van der Waals surface area contributed by atoms with Gasteiger partial charge in [0.1, 0.15) is 5.56 Å². The first-order valence-electron chi connectivity index (χ1n) is 8.92. The minimum atomic E-state index is -0.761. The number of thioether (sulfide) groups is 1. The lowest BCUT2D eigenvalue weighted by Gasteiger charge is -2.26. The van der Waals surface area contributed by atoms with Crippen LogP contribution in [0.2, 0.25) is 0 Å². The maximum atomic E-state index is 12.4. The zero-order chi connectivity index (χ0) is 19.4. The van der Waals surface area contributed by atoms with Gasteiger partial charge in [-0.15, -0.1) is 11.8 Å². The lowest BCUT2D eigenvalue weighted by atomic mass is 9.90. The minimum absolute atomic E-state index is 0.0585. The molecule has 6 nitrogen and oxygen atoms in total. The summed E-state index contributed by atoms with van der Waals surface area (Å²) in [6, 6.07) is 9.58. The Labute approximate surface area is 161 Å². The Kier molecular flexibility index (Phi) is 6.01. The molecule has 1 unspecified atom stereocenters. The smallest absolute Gasteiger partial charge is 0.261 e. The number of aromatic amines is 1. The van der Waals surface area contributed by atoms with Gasteiger partial charge < -0.3 is 16.0 Å². The fourth-order valence-electron chi connectivity index (χ4n) is 3.26. The number of pyridine rings is 1. The fraction of sp³-hybridized carbons (Fsp3) is 0.350. The molecule has 1 aliphatic carbocycles. The van der Waals surface area contributed by atoms with Crippen molar-refractivity contribution < 1.29 is 9.59 Å². The standard InChI is InChI=1S/C20H23N3O3S/c1-12-5-7-13(8-6-12)10-27-11-18(24)22-16-3-2-4-17-14(16)9-15(19(21)25)20(26)23-17/h5-9,16H,2-4,10-11H2,1H3,(H2,21,25)(H,22,24)(H,23,26). The Morgan fingerprint density at radius 3 is 2.74 bits per heavy atom. The summed E-state index contributed by atoms with van der Waals surface area (Å²) in [5.74, 6) is 0.306. The summed E-state index contributed by atoms with van der Waals surface area (Å²) in [6.07, 6.45) is 2.35. The monoisotopic (exact) mass is 385 g/mol. The number of fused-ring (bicyclic) bond motifs is 1. The van der Waals surface area contributed by atoms with Gasteiger partial charge in [0.15, 0.2) is 0 Å². The van der Waals surface area contributed by atoms with Crippen LogP contribution in [0.3, 0.4) is 0 Å². The predicted octanol–water partition coefficient (Wildman–Crippen LogP) is 2.21. The van der Waals surface area contributed by atoms with Gasteiger partial charge in [0.25, 0.3) is 11.5 Å². The summed E-state index contributed by atoms with van der Waals surface area (Å²) in [7, 11) is 0. The van der Waals surface area contributed by atoms with E-state index in [0.717, 1.165) is 36.3 Å². The maximum Gasteiger partial charge on any atom is 0.261 e. The molecule has 3 rings (SSSR count). The molecule has 1 aromatic carbocycles. The number of aromatic nitrogens is 1. The lowest BCUT2D eigenvalue weighted by Crippen LogP contribution is -2.34. The van der Waals surface area contributed by atoms with E-state index in [-0.39, 0.29) is 17.5 Å². The van der Waals surface area contributed by atoms with Gasteiger partial charge in [-0.25, -0.2) is 0 Å². The van der Waals surface area contributed by atoms with E-state index in [4.69, 9.17) is 5.73 Å². The van der Waals surface area contributed by atoms with Crippen molar-refractivity contribution in [3.05, 3.63) is 68.6 Å². The van der Waals surface area contributed by atoms with Crippen LogP contribution in [-0.4, -0.2) is 22.6 Å². The molecule has 0 saturated heterocycles. The van der Waals surface area contributed by atoms with Crippen molar-refractivity contribution in [2.75, 3.05) is 5.75 Å². The van der Waals surface area contributed by atoms with Crippen LogP contribution in [0.4, 0.5) is 0 Å². The zero-order valence-electron chi connectivity index (χ0n) is 15.2. The van der Waals surface area contributed by atoms with Gasteiger partial charge in [0.05, 0.1) is 11.8 Å². The molecule has 1 aliphatic rings. The molecule has 0 spiro atoms. The summed E-state index contributed by atoms with van der Waals surface area (Å²) in [6.45, 7) is 2.04. The largest absolute Gasteiger partial charge is 0.365 e. The maximum absolute atomic E-state index is 12.4. The van der Waals surface area contributed by atoms with Crippen LogP contribution < -0.4 is 16.6 Å². The number of H-pyrrole nitrogens is 1. The van der Waals surface area contributed by atoms with Gasteiger partial charge in [-0.1, -0.05) is 29.8 Å². The van der Waals surface area contributed by atoms with Crippen molar-refractivity contribution in [2.45, 2.75) is 38.0 Å². The summed E-state index contributed by atoms with van der Waals surface area (Å²) >= 11 is 1.56. The molecule has 0 bridgehead atoms. The normalized spacial score (nSPS) is 15.8. The number of benzene rings is 1. The van der Waals surface area contributed by atoms with Gasteiger partial charge >= 0.3 is 0 Å². The second-order valence-electron chi connectivity index (χ2n) is 6.80. The molecule has 7 heteroatoms. The van der Waals surface area contributed by atoms with E-state index in [1.807, 2.05) is 6.92 Å². The number of primary amides is 1. The van der Waals surface area contributed by atoms with Crippen molar-refractivity contribution in [1.82, 2.24) is 10.3 Å². The third kappa shape index (κ3) is 4.80. The molecule has 0 saturated carbocycles. The first kappa shape index (κ1) is 19.2. The highest BCUT2D eigenvalue weighted by atomic mass is 32.2. The van der Waals surface area contributed by atoms with E-state index in [2.05, 4.69) is 34.6 Å². The fourth-order valence-corrected chi connectivity index (χ4v) is 4.05. The molecule has 2 aromatic rings. The van der Waals surface area contributed by atoms with Crippen molar-refractivity contribution >= 4 is 23.6 Å². The van der Waals surface area contributed by atoms with Crippen LogP contribution in [-0.2, 0) is 17.0 Å². The van der Waals surface area contributed by atoms with E-state index < -0.39 is 11.5 Å². The summed E-state index contributed by atoms with van der Waals surface area (Å²) < 4.78 is 0. The van der Waals surface area contributed by atoms with Crippen molar-refractivity contribution in [3.8, 4) is 0 Å². The first-order chi connectivity index (χ1) is 12.9. The highest BCUT2D eigenvalue weighted by molar-refractivity contribution is 7.99. The molecule has 1 atom stereocenters. The Bertz CT molecular complexity index is 906. The van der Waals surface area contributed by atoms with Crippen LogP contribution in [0.5, 0.6) is 0 Å². The molecule has 0 radical (unpaired) electrons. The number of hydrogen-bond donors (Lipinski definition) is 3. The van der Waals surface area contributed by atoms with Gasteiger partial charge in [-0.05, 0) is 43.4 Å². The molecular formula is C20H23N3O3S. The average Bonchev–Trinajstić information content (AvgIpc) is 2.63. The molecule has 142 valence electrons. The highest BCUT2D eigenvalue weighted by Crippen LogP contribution is 2.28. The second kappa shape index (κ2) is 8.43. The van der Waals surface area contributed by atoms with Crippen molar-refractivity contribution in [2.24, 2.45) is 5.73 Å². The average molecular weight is 385 g/mol. The van der Waals surface area contributed by atoms with E-state index in [9.17, 15) is 14.4 Å². The van der Waals surface area contributed by atoms with Gasteiger partial charge in [-0.2, -0.15) is 0 Å². The zero-order valence-corrected chi connectivity index (χ0v) is 16.0. The lowest BCUT2D eigenvalue weighted by molar-refractivity contribution is -0.119. The summed E-state index contributed by atoms with van der Waals surface area (Å²) in [5, 5.41) is 3.02. The summed E-state index contributed by atoms with van der Waals surface area (Å²) in [4.78, 5) is 38.4. The van der Waals surface area contributed by atoms with Crippen molar-refractivity contribution in [1.29, 1.82) is 0 Å². The van der Waals surface area contributed by atoms with E-state index in [1.54, 1.807) is 11.8 Å².